The Hall–Kier alpha value is -1.52. The molecule has 0 aliphatic rings. The molecule has 1 heterocycles. The van der Waals surface area contributed by atoms with Crippen molar-refractivity contribution in [2.45, 2.75) is 6.42 Å². The van der Waals surface area contributed by atoms with Crippen LogP contribution in [0.4, 0.5) is 0 Å². The molecule has 66 valence electrons. The highest BCUT2D eigenvalue weighted by atomic mass is 16.5. The Morgan fingerprint density at radius 2 is 2.42 bits per heavy atom. The molecular formula is C7H9NO4. The van der Waals surface area contributed by atoms with E-state index in [1.807, 2.05) is 0 Å². The largest absolute Gasteiger partial charge is 0.469 e. The van der Waals surface area contributed by atoms with Crippen molar-refractivity contribution in [3.05, 3.63) is 22.2 Å². The number of aromatic nitrogens is 1. The Bertz CT molecular complexity index is 335. The Morgan fingerprint density at radius 3 is 2.83 bits per heavy atom. The average Bonchev–Trinajstić information content (AvgIpc) is 2.30. The van der Waals surface area contributed by atoms with Crippen LogP contribution in [0.2, 0.25) is 0 Å². The molecule has 12 heavy (non-hydrogen) atoms. The fraction of sp³-hybridized carbons (Fsp3) is 0.429. The van der Waals surface area contributed by atoms with Crippen LogP contribution in [-0.4, -0.2) is 17.8 Å². The molecule has 0 spiro atoms. The van der Waals surface area contributed by atoms with Crippen molar-refractivity contribution in [1.82, 2.24) is 4.74 Å². The summed E-state index contributed by atoms with van der Waals surface area (Å²) in [5, 5.41) is 0. The first kappa shape index (κ1) is 8.58. The topological polar surface area (TPSA) is 61.4 Å². The summed E-state index contributed by atoms with van der Waals surface area (Å²) in [6, 6.07) is 1.26. The van der Waals surface area contributed by atoms with Gasteiger partial charge in [-0.15, -0.1) is 0 Å². The van der Waals surface area contributed by atoms with Crippen LogP contribution < -0.4 is 5.63 Å². The second-order valence-electron chi connectivity index (χ2n) is 2.30. The molecule has 0 unspecified atom stereocenters. The van der Waals surface area contributed by atoms with Gasteiger partial charge in [0.05, 0.1) is 19.2 Å². The third-order valence-corrected chi connectivity index (χ3v) is 1.47. The summed E-state index contributed by atoms with van der Waals surface area (Å²) in [5.74, 6) is -0.397. The summed E-state index contributed by atoms with van der Waals surface area (Å²) in [6.07, 6.45) is 0.0543. The van der Waals surface area contributed by atoms with E-state index in [4.69, 9.17) is 0 Å². The summed E-state index contributed by atoms with van der Waals surface area (Å²) >= 11 is 0. The molecule has 0 aliphatic carbocycles. The molecule has 0 atom stereocenters. The third kappa shape index (κ3) is 1.75. The maximum absolute atomic E-state index is 10.8. The fourth-order valence-corrected chi connectivity index (χ4v) is 0.829. The molecule has 1 aromatic rings. The van der Waals surface area contributed by atoms with E-state index in [-0.39, 0.29) is 6.42 Å². The molecule has 1 aromatic heterocycles. The second-order valence-corrected chi connectivity index (χ2v) is 2.30. The predicted molar refractivity (Wildman–Crippen MR) is 39.7 cm³/mol. The van der Waals surface area contributed by atoms with Crippen LogP contribution in [0.3, 0.4) is 0 Å². The zero-order valence-corrected chi connectivity index (χ0v) is 6.86. The standard InChI is InChI=1S/C7H9NO4/c1-8-5(3-6(9)11-2)4-7(10)12-8/h4H,3H2,1-2H3. The minimum absolute atomic E-state index is 0.0543. The molecule has 0 aliphatic heterocycles. The van der Waals surface area contributed by atoms with E-state index in [1.54, 1.807) is 7.05 Å². The number of carbonyl (C=O) groups is 1. The second kappa shape index (κ2) is 3.25. The summed E-state index contributed by atoms with van der Waals surface area (Å²) in [7, 11) is 2.85. The number of esters is 1. The number of methoxy groups -OCH3 is 1. The van der Waals surface area contributed by atoms with Crippen molar-refractivity contribution in [2.24, 2.45) is 7.05 Å². The van der Waals surface area contributed by atoms with Crippen molar-refractivity contribution in [3.8, 4) is 0 Å². The number of hydrogen-bond donors (Lipinski definition) is 0. The van der Waals surface area contributed by atoms with Gasteiger partial charge in [-0.3, -0.25) is 4.79 Å². The van der Waals surface area contributed by atoms with E-state index in [9.17, 15) is 9.59 Å². The first-order valence-electron chi connectivity index (χ1n) is 3.36. The molecule has 0 fully saturated rings. The Kier molecular flexibility index (Phi) is 2.32. The molecular weight excluding hydrogens is 162 g/mol. The van der Waals surface area contributed by atoms with E-state index < -0.39 is 11.6 Å². The summed E-state index contributed by atoms with van der Waals surface area (Å²) in [5.41, 5.74) is 0.0447. The lowest BCUT2D eigenvalue weighted by molar-refractivity contribution is -0.139. The number of aryl methyl sites for hydroxylation is 1. The van der Waals surface area contributed by atoms with Gasteiger partial charge in [-0.05, 0) is 0 Å². The van der Waals surface area contributed by atoms with Crippen LogP contribution >= 0.6 is 0 Å². The molecule has 0 aromatic carbocycles. The van der Waals surface area contributed by atoms with Gasteiger partial charge < -0.3 is 9.26 Å². The lowest BCUT2D eigenvalue weighted by atomic mass is 10.3. The zero-order valence-electron chi connectivity index (χ0n) is 6.86. The number of ether oxygens (including phenoxy) is 1. The summed E-state index contributed by atoms with van der Waals surface area (Å²) < 4.78 is 10.3. The minimum atomic E-state index is -0.462. The third-order valence-electron chi connectivity index (χ3n) is 1.47. The molecule has 0 saturated carbocycles. The Balaban J connectivity index is 2.82. The summed E-state index contributed by atoms with van der Waals surface area (Å²) in [6.45, 7) is 0. The maximum Gasteiger partial charge on any atom is 0.357 e. The molecule has 0 N–H and O–H groups in total. The molecule has 0 amide bonds. The first-order chi connectivity index (χ1) is 5.63. The van der Waals surface area contributed by atoms with Crippen molar-refractivity contribution in [3.63, 3.8) is 0 Å². The highest BCUT2D eigenvalue weighted by molar-refractivity contribution is 5.71. The highest BCUT2D eigenvalue weighted by Crippen LogP contribution is 1.96. The van der Waals surface area contributed by atoms with Crippen LogP contribution in [0.1, 0.15) is 5.69 Å². The average molecular weight is 171 g/mol. The molecule has 5 nitrogen and oxygen atoms in total. The quantitative estimate of drug-likeness (QED) is 0.573. The fourth-order valence-electron chi connectivity index (χ4n) is 0.829. The maximum atomic E-state index is 10.8. The van der Waals surface area contributed by atoms with E-state index in [1.165, 1.54) is 17.9 Å². The summed E-state index contributed by atoms with van der Waals surface area (Å²) in [4.78, 5) is 21.4. The Morgan fingerprint density at radius 1 is 1.75 bits per heavy atom. The van der Waals surface area contributed by atoms with Gasteiger partial charge in [0.1, 0.15) is 0 Å². The number of carbonyl (C=O) groups excluding carboxylic acids is 1. The lowest BCUT2D eigenvalue weighted by Gasteiger charge is -1.97. The lowest BCUT2D eigenvalue weighted by Crippen LogP contribution is -2.07. The number of rotatable bonds is 2. The molecule has 0 saturated heterocycles. The van der Waals surface area contributed by atoms with E-state index in [0.29, 0.717) is 5.69 Å². The van der Waals surface area contributed by atoms with Crippen LogP contribution in [-0.2, 0) is 23.0 Å². The smallest absolute Gasteiger partial charge is 0.357 e. The zero-order chi connectivity index (χ0) is 9.14. The van der Waals surface area contributed by atoms with Crippen LogP contribution in [0.15, 0.2) is 15.4 Å². The van der Waals surface area contributed by atoms with Crippen LogP contribution in [0, 0.1) is 0 Å². The molecule has 0 radical (unpaired) electrons. The highest BCUT2D eigenvalue weighted by Gasteiger charge is 2.08. The number of nitrogens with zero attached hydrogens (tertiary/aromatic N) is 1. The van der Waals surface area contributed by atoms with Gasteiger partial charge in [0, 0.05) is 13.1 Å². The number of hydrogen-bond acceptors (Lipinski definition) is 4. The molecule has 1 rings (SSSR count). The monoisotopic (exact) mass is 171 g/mol. The van der Waals surface area contributed by atoms with E-state index in [2.05, 4.69) is 9.26 Å². The van der Waals surface area contributed by atoms with Crippen molar-refractivity contribution >= 4 is 5.97 Å². The van der Waals surface area contributed by atoms with Gasteiger partial charge in [-0.2, -0.15) is 0 Å². The van der Waals surface area contributed by atoms with Crippen molar-refractivity contribution in [1.29, 1.82) is 0 Å². The normalized spacial score (nSPS) is 9.83. The van der Waals surface area contributed by atoms with Gasteiger partial charge in [0.2, 0.25) is 0 Å². The Labute approximate surface area is 68.5 Å². The van der Waals surface area contributed by atoms with Gasteiger partial charge in [0.25, 0.3) is 0 Å². The predicted octanol–water partition coefficient (Wildman–Crippen LogP) is -0.306. The van der Waals surface area contributed by atoms with Gasteiger partial charge in [-0.1, -0.05) is 0 Å². The van der Waals surface area contributed by atoms with E-state index in [0.717, 1.165) is 0 Å². The minimum Gasteiger partial charge on any atom is -0.469 e. The molecule has 5 heteroatoms. The first-order valence-corrected chi connectivity index (χ1v) is 3.36. The van der Waals surface area contributed by atoms with Gasteiger partial charge in [-0.25, -0.2) is 9.53 Å². The van der Waals surface area contributed by atoms with E-state index >= 15 is 0 Å². The molecule has 0 bridgehead atoms. The van der Waals surface area contributed by atoms with Crippen molar-refractivity contribution < 1.29 is 14.1 Å². The van der Waals surface area contributed by atoms with Crippen LogP contribution in [0.25, 0.3) is 0 Å². The van der Waals surface area contributed by atoms with Crippen molar-refractivity contribution in [2.75, 3.05) is 7.11 Å². The van der Waals surface area contributed by atoms with Crippen LogP contribution in [0.5, 0.6) is 0 Å². The SMILES string of the molecule is COC(=O)Cc1cc(=O)on1C. The van der Waals surface area contributed by atoms with Gasteiger partial charge in [0.15, 0.2) is 0 Å². The van der Waals surface area contributed by atoms with Gasteiger partial charge >= 0.3 is 11.6 Å².